The van der Waals surface area contributed by atoms with Gasteiger partial charge in [-0.1, -0.05) is 28.1 Å². The lowest BCUT2D eigenvalue weighted by atomic mass is 10.1. The monoisotopic (exact) mass is 343 g/mol. The van der Waals surface area contributed by atoms with Crippen molar-refractivity contribution in [3.05, 3.63) is 28.2 Å². The SMILES string of the molecule is CCNC(=O)CN(CC)c1cc(Br)ccc1C(N)=S. The van der Waals surface area contributed by atoms with E-state index >= 15 is 0 Å². The van der Waals surface area contributed by atoms with Crippen LogP contribution in [-0.2, 0) is 4.79 Å². The molecule has 6 heteroatoms. The molecule has 1 rings (SSSR count). The van der Waals surface area contributed by atoms with E-state index in [4.69, 9.17) is 18.0 Å². The lowest BCUT2D eigenvalue weighted by Crippen LogP contribution is -2.38. The van der Waals surface area contributed by atoms with Gasteiger partial charge in [-0.3, -0.25) is 4.79 Å². The van der Waals surface area contributed by atoms with Crippen molar-refractivity contribution in [2.45, 2.75) is 13.8 Å². The Morgan fingerprint density at radius 3 is 2.68 bits per heavy atom. The Morgan fingerprint density at radius 1 is 1.47 bits per heavy atom. The van der Waals surface area contributed by atoms with E-state index in [-0.39, 0.29) is 12.5 Å². The fraction of sp³-hybridized carbons (Fsp3) is 0.385. The highest BCUT2D eigenvalue weighted by Gasteiger charge is 2.15. The number of likely N-dealkylation sites (N-methyl/N-ethyl adjacent to an activating group) is 2. The summed E-state index contributed by atoms with van der Waals surface area (Å²) in [5.74, 6) is -0.0155. The molecule has 1 aromatic rings. The summed E-state index contributed by atoms with van der Waals surface area (Å²) in [7, 11) is 0. The van der Waals surface area contributed by atoms with Crippen LogP contribution in [0, 0.1) is 0 Å². The van der Waals surface area contributed by atoms with Crippen LogP contribution in [0.4, 0.5) is 5.69 Å². The predicted molar refractivity (Wildman–Crippen MR) is 86.6 cm³/mol. The number of thiocarbonyl (C=S) groups is 1. The Kier molecular flexibility index (Phi) is 6.24. The Morgan fingerprint density at radius 2 is 2.16 bits per heavy atom. The van der Waals surface area contributed by atoms with E-state index in [2.05, 4.69) is 21.2 Å². The summed E-state index contributed by atoms with van der Waals surface area (Å²) >= 11 is 8.49. The Hall–Kier alpha value is -1.14. The molecule has 0 aliphatic rings. The molecule has 0 bridgehead atoms. The van der Waals surface area contributed by atoms with Gasteiger partial charge in [-0.2, -0.15) is 0 Å². The van der Waals surface area contributed by atoms with E-state index in [1.54, 1.807) is 0 Å². The highest BCUT2D eigenvalue weighted by atomic mass is 79.9. The zero-order valence-corrected chi connectivity index (χ0v) is 13.5. The number of anilines is 1. The molecule has 19 heavy (non-hydrogen) atoms. The van der Waals surface area contributed by atoms with Crippen LogP contribution in [0.2, 0.25) is 0 Å². The highest BCUT2D eigenvalue weighted by Crippen LogP contribution is 2.25. The van der Waals surface area contributed by atoms with Crippen molar-refractivity contribution in [1.82, 2.24) is 5.32 Å². The van der Waals surface area contributed by atoms with E-state index in [1.165, 1.54) is 0 Å². The van der Waals surface area contributed by atoms with Crippen LogP contribution in [0.1, 0.15) is 19.4 Å². The zero-order valence-electron chi connectivity index (χ0n) is 11.1. The number of amides is 1. The number of hydrogen-bond donors (Lipinski definition) is 2. The van der Waals surface area contributed by atoms with Gasteiger partial charge in [-0.25, -0.2) is 0 Å². The van der Waals surface area contributed by atoms with E-state index in [0.717, 1.165) is 15.7 Å². The zero-order chi connectivity index (χ0) is 14.4. The van der Waals surface area contributed by atoms with Gasteiger partial charge >= 0.3 is 0 Å². The third-order valence-electron chi connectivity index (χ3n) is 2.66. The molecule has 0 radical (unpaired) electrons. The standard InChI is InChI=1S/C13H18BrN3OS/c1-3-16-12(18)8-17(4-2)11-7-9(14)5-6-10(11)13(15)19/h5-7H,3-4,8H2,1-2H3,(H2,15,19)(H,16,18). The second-order valence-electron chi connectivity index (χ2n) is 3.99. The summed E-state index contributed by atoms with van der Waals surface area (Å²) in [6.07, 6.45) is 0. The molecular weight excluding hydrogens is 326 g/mol. The van der Waals surface area contributed by atoms with Gasteiger partial charge < -0.3 is 16.0 Å². The van der Waals surface area contributed by atoms with Crippen molar-refractivity contribution in [3.63, 3.8) is 0 Å². The van der Waals surface area contributed by atoms with Crippen LogP contribution in [0.25, 0.3) is 0 Å². The van der Waals surface area contributed by atoms with Crippen molar-refractivity contribution >= 4 is 44.7 Å². The van der Waals surface area contributed by atoms with Crippen LogP contribution in [0.5, 0.6) is 0 Å². The quantitative estimate of drug-likeness (QED) is 0.776. The molecule has 0 saturated heterocycles. The normalized spacial score (nSPS) is 10.1. The first-order valence-electron chi connectivity index (χ1n) is 6.10. The number of carbonyl (C=O) groups is 1. The van der Waals surface area contributed by atoms with Crippen molar-refractivity contribution in [2.24, 2.45) is 5.73 Å². The molecule has 0 unspecified atom stereocenters. The van der Waals surface area contributed by atoms with E-state index in [9.17, 15) is 4.79 Å². The number of halogens is 1. The Labute approximate surface area is 127 Å². The minimum Gasteiger partial charge on any atom is -0.389 e. The molecule has 1 aromatic carbocycles. The average Bonchev–Trinajstić information content (AvgIpc) is 2.35. The topological polar surface area (TPSA) is 58.4 Å². The molecule has 1 amide bonds. The molecule has 104 valence electrons. The summed E-state index contributed by atoms with van der Waals surface area (Å²) in [6, 6.07) is 5.68. The lowest BCUT2D eigenvalue weighted by Gasteiger charge is -2.25. The maximum Gasteiger partial charge on any atom is 0.239 e. The second-order valence-corrected chi connectivity index (χ2v) is 5.35. The van der Waals surface area contributed by atoms with Gasteiger partial charge in [0.05, 0.1) is 6.54 Å². The van der Waals surface area contributed by atoms with E-state index in [0.29, 0.717) is 18.1 Å². The molecular formula is C13H18BrN3OS. The van der Waals surface area contributed by atoms with Crippen LogP contribution in [-0.4, -0.2) is 30.5 Å². The fourth-order valence-electron chi connectivity index (χ4n) is 1.77. The number of hydrogen-bond acceptors (Lipinski definition) is 3. The number of nitrogens with two attached hydrogens (primary N) is 1. The number of carbonyl (C=O) groups excluding carboxylic acids is 1. The first kappa shape index (κ1) is 15.9. The summed E-state index contributed by atoms with van der Waals surface area (Å²) in [5, 5.41) is 2.79. The molecule has 0 fully saturated rings. The van der Waals surface area contributed by atoms with Gasteiger partial charge in [0.2, 0.25) is 5.91 Å². The first-order chi connectivity index (χ1) is 8.99. The minimum absolute atomic E-state index is 0.0155. The van der Waals surface area contributed by atoms with Gasteiger partial charge in [-0.15, -0.1) is 0 Å². The summed E-state index contributed by atoms with van der Waals surface area (Å²) in [5.41, 5.74) is 7.39. The predicted octanol–water partition coefficient (Wildman–Crippen LogP) is 2.05. The van der Waals surface area contributed by atoms with Crippen LogP contribution in [0.15, 0.2) is 22.7 Å². The largest absolute Gasteiger partial charge is 0.389 e. The summed E-state index contributed by atoms with van der Waals surface area (Å²) in [4.78, 5) is 14.0. The molecule has 0 aliphatic heterocycles. The molecule has 0 atom stereocenters. The van der Waals surface area contributed by atoms with Crippen molar-refractivity contribution in [1.29, 1.82) is 0 Å². The summed E-state index contributed by atoms with van der Waals surface area (Å²) in [6.45, 7) is 5.49. The van der Waals surface area contributed by atoms with Crippen molar-refractivity contribution in [3.8, 4) is 0 Å². The third-order valence-corrected chi connectivity index (χ3v) is 3.37. The molecule has 0 saturated carbocycles. The average molecular weight is 344 g/mol. The molecule has 3 N–H and O–H groups in total. The molecule has 0 aromatic heterocycles. The third kappa shape index (κ3) is 4.47. The van der Waals surface area contributed by atoms with E-state index < -0.39 is 0 Å². The van der Waals surface area contributed by atoms with Crippen molar-refractivity contribution in [2.75, 3.05) is 24.5 Å². The highest BCUT2D eigenvalue weighted by molar-refractivity contribution is 9.10. The Bertz CT molecular complexity index is 479. The molecule has 0 heterocycles. The summed E-state index contributed by atoms with van der Waals surface area (Å²) < 4.78 is 0.928. The van der Waals surface area contributed by atoms with Gasteiger partial charge in [0.15, 0.2) is 0 Å². The maximum absolute atomic E-state index is 11.7. The molecule has 4 nitrogen and oxygen atoms in total. The minimum atomic E-state index is -0.0155. The van der Waals surface area contributed by atoms with Gasteiger partial charge in [0, 0.05) is 28.8 Å². The van der Waals surface area contributed by atoms with Crippen LogP contribution >= 0.6 is 28.1 Å². The van der Waals surface area contributed by atoms with E-state index in [1.807, 2.05) is 36.9 Å². The lowest BCUT2D eigenvalue weighted by molar-refractivity contribution is -0.119. The number of nitrogens with zero attached hydrogens (tertiary/aromatic N) is 1. The number of nitrogens with one attached hydrogen (secondary N) is 1. The van der Waals surface area contributed by atoms with Gasteiger partial charge in [-0.05, 0) is 32.0 Å². The number of rotatable bonds is 6. The smallest absolute Gasteiger partial charge is 0.239 e. The number of benzene rings is 1. The van der Waals surface area contributed by atoms with Crippen LogP contribution in [0.3, 0.4) is 0 Å². The second kappa shape index (κ2) is 7.45. The molecule has 0 spiro atoms. The Balaban J connectivity index is 3.06. The van der Waals surface area contributed by atoms with Gasteiger partial charge in [0.25, 0.3) is 0 Å². The molecule has 0 aliphatic carbocycles. The first-order valence-corrected chi connectivity index (χ1v) is 7.30. The maximum atomic E-state index is 11.7. The van der Waals surface area contributed by atoms with Crippen LogP contribution < -0.4 is 16.0 Å². The van der Waals surface area contributed by atoms with Gasteiger partial charge in [0.1, 0.15) is 4.99 Å². The fourth-order valence-corrected chi connectivity index (χ4v) is 2.29. The van der Waals surface area contributed by atoms with Crippen molar-refractivity contribution < 1.29 is 4.79 Å².